The van der Waals surface area contributed by atoms with Crippen LogP contribution in [0.15, 0.2) is 71.7 Å². The van der Waals surface area contributed by atoms with Gasteiger partial charge in [0.15, 0.2) is 0 Å². The maximum atomic E-state index is 13.4. The third kappa shape index (κ3) is 5.16. The Bertz CT molecular complexity index is 1530. The smallest absolute Gasteiger partial charge is 0.271 e. The summed E-state index contributed by atoms with van der Waals surface area (Å²) in [6.07, 6.45) is 2.41. The van der Waals surface area contributed by atoms with E-state index in [9.17, 15) is 18.8 Å². The highest BCUT2D eigenvalue weighted by Crippen LogP contribution is 2.26. The van der Waals surface area contributed by atoms with Crippen LogP contribution in [0.25, 0.3) is 11.1 Å². The summed E-state index contributed by atoms with van der Waals surface area (Å²) in [7, 11) is 0. The van der Waals surface area contributed by atoms with Gasteiger partial charge in [-0.2, -0.15) is 5.10 Å². The number of fused-ring (bicyclic) bond motifs is 1. The number of aryl methyl sites for hydroxylation is 1. The Kier molecular flexibility index (Phi) is 6.59. The van der Waals surface area contributed by atoms with Crippen LogP contribution >= 0.6 is 0 Å². The Labute approximate surface area is 212 Å². The molecule has 1 aliphatic rings. The lowest BCUT2D eigenvalue weighted by Gasteiger charge is -2.30. The normalized spacial score (nSPS) is 12.6. The van der Waals surface area contributed by atoms with Crippen LogP contribution in [0, 0.1) is 12.7 Å². The number of hydrogen-bond acceptors (Lipinski definition) is 5. The zero-order chi connectivity index (χ0) is 25.9. The minimum absolute atomic E-state index is 0.0887. The number of hydrogen-bond donors (Lipinski definition) is 2. The number of nitrogens with zero attached hydrogens (tertiary/aromatic N) is 3. The number of halogens is 1. The largest absolute Gasteiger partial charge is 0.346 e. The third-order valence-electron chi connectivity index (χ3n) is 6.51. The summed E-state index contributed by atoms with van der Waals surface area (Å²) in [6, 6.07) is 16.1. The van der Waals surface area contributed by atoms with E-state index < -0.39 is 5.91 Å². The number of aromatic amines is 1. The highest BCUT2D eigenvalue weighted by Gasteiger charge is 2.25. The van der Waals surface area contributed by atoms with Crippen molar-refractivity contribution in [1.82, 2.24) is 25.4 Å². The monoisotopic (exact) mass is 497 g/mol. The van der Waals surface area contributed by atoms with Gasteiger partial charge in [0.1, 0.15) is 11.5 Å². The van der Waals surface area contributed by atoms with Gasteiger partial charge in [0, 0.05) is 43.2 Å². The van der Waals surface area contributed by atoms with Crippen LogP contribution in [0.4, 0.5) is 4.39 Å². The number of aromatic nitrogens is 3. The number of carbonyl (C=O) groups is 2. The van der Waals surface area contributed by atoms with Crippen molar-refractivity contribution >= 4 is 11.8 Å². The van der Waals surface area contributed by atoms with Crippen LogP contribution in [-0.4, -0.2) is 38.4 Å². The number of benzene rings is 2. The molecule has 37 heavy (non-hydrogen) atoms. The van der Waals surface area contributed by atoms with Crippen LogP contribution in [0.5, 0.6) is 0 Å². The number of rotatable bonds is 5. The van der Waals surface area contributed by atoms with Gasteiger partial charge >= 0.3 is 0 Å². The van der Waals surface area contributed by atoms with E-state index in [1.807, 2.05) is 25.1 Å². The Hall–Kier alpha value is -4.66. The SMILES string of the molecule is Cc1ncc2c(c1CNC(=O)c1ccc(=O)[nH]n1)CCN(C(=O)c1cccc(-c3ccc(F)cc3)c1)C2. The second-order valence-corrected chi connectivity index (χ2v) is 8.88. The van der Waals surface area contributed by atoms with E-state index in [1.54, 1.807) is 29.3 Å². The van der Waals surface area contributed by atoms with Crippen LogP contribution in [-0.2, 0) is 19.5 Å². The van der Waals surface area contributed by atoms with Crippen molar-refractivity contribution in [2.45, 2.75) is 26.4 Å². The van der Waals surface area contributed by atoms with Gasteiger partial charge in [0.2, 0.25) is 0 Å². The summed E-state index contributed by atoms with van der Waals surface area (Å²) in [5.41, 5.74) is 5.72. The Morgan fingerprint density at radius 3 is 2.65 bits per heavy atom. The van der Waals surface area contributed by atoms with E-state index in [-0.39, 0.29) is 29.5 Å². The molecule has 4 aromatic rings. The van der Waals surface area contributed by atoms with Crippen LogP contribution < -0.4 is 10.9 Å². The van der Waals surface area contributed by atoms with E-state index in [0.717, 1.165) is 33.5 Å². The molecule has 0 spiro atoms. The Morgan fingerprint density at radius 1 is 1.08 bits per heavy atom. The summed E-state index contributed by atoms with van der Waals surface area (Å²) in [5.74, 6) is -0.796. The molecule has 1 aliphatic heterocycles. The van der Waals surface area contributed by atoms with Crippen molar-refractivity contribution < 1.29 is 14.0 Å². The highest BCUT2D eigenvalue weighted by atomic mass is 19.1. The molecule has 0 saturated heterocycles. The fraction of sp³-hybridized carbons (Fsp3) is 0.179. The maximum absolute atomic E-state index is 13.4. The van der Waals surface area contributed by atoms with E-state index in [4.69, 9.17) is 0 Å². The predicted octanol–water partition coefficient (Wildman–Crippen LogP) is 3.41. The number of nitrogens with one attached hydrogen (secondary N) is 2. The lowest BCUT2D eigenvalue weighted by molar-refractivity contribution is 0.0734. The molecular weight excluding hydrogens is 473 g/mol. The molecular formula is C28H24FN5O3. The number of amides is 2. The van der Waals surface area contributed by atoms with Crippen molar-refractivity contribution in [2.24, 2.45) is 0 Å². The lowest BCUT2D eigenvalue weighted by Crippen LogP contribution is -2.37. The van der Waals surface area contributed by atoms with E-state index in [2.05, 4.69) is 20.5 Å². The molecule has 8 nitrogen and oxygen atoms in total. The molecule has 0 atom stereocenters. The number of H-pyrrole nitrogens is 1. The minimum Gasteiger partial charge on any atom is -0.346 e. The van der Waals surface area contributed by atoms with Gasteiger partial charge < -0.3 is 10.2 Å². The highest BCUT2D eigenvalue weighted by molar-refractivity contribution is 5.95. The van der Waals surface area contributed by atoms with Crippen molar-refractivity contribution in [3.8, 4) is 11.1 Å². The predicted molar refractivity (Wildman–Crippen MR) is 135 cm³/mol. The first-order valence-corrected chi connectivity index (χ1v) is 11.8. The van der Waals surface area contributed by atoms with Crippen molar-refractivity contribution in [3.05, 3.63) is 117 Å². The first-order chi connectivity index (χ1) is 17.9. The quantitative estimate of drug-likeness (QED) is 0.439. The standard InChI is InChI=1S/C28H24FN5O3/c1-17-24(15-31-27(36)25-9-10-26(35)33-32-25)23-11-12-34(16-21(23)14-30-17)28(37)20-4-2-3-19(13-20)18-5-7-22(29)8-6-18/h2-10,13-14H,11-12,15-16H2,1H3,(H,31,36)(H,33,35). The fourth-order valence-electron chi connectivity index (χ4n) is 4.52. The number of pyridine rings is 1. The molecule has 2 aromatic carbocycles. The van der Waals surface area contributed by atoms with Crippen molar-refractivity contribution in [1.29, 1.82) is 0 Å². The average Bonchev–Trinajstić information content (AvgIpc) is 2.92. The molecule has 5 rings (SSSR count). The van der Waals surface area contributed by atoms with Gasteiger partial charge in [0.05, 0.1) is 0 Å². The van der Waals surface area contributed by atoms with Crippen LogP contribution in [0.1, 0.15) is 43.2 Å². The molecule has 9 heteroatoms. The van der Waals surface area contributed by atoms with Gasteiger partial charge in [-0.25, -0.2) is 9.49 Å². The van der Waals surface area contributed by atoms with E-state index >= 15 is 0 Å². The second kappa shape index (κ2) is 10.1. The zero-order valence-corrected chi connectivity index (χ0v) is 20.1. The van der Waals surface area contributed by atoms with Gasteiger partial charge in [0.25, 0.3) is 17.4 Å². The molecule has 0 radical (unpaired) electrons. The summed E-state index contributed by atoms with van der Waals surface area (Å²) in [6.45, 7) is 3.08. The topological polar surface area (TPSA) is 108 Å². The zero-order valence-electron chi connectivity index (χ0n) is 20.1. The molecule has 0 unspecified atom stereocenters. The summed E-state index contributed by atoms with van der Waals surface area (Å²) in [5, 5.41) is 8.86. The van der Waals surface area contributed by atoms with Gasteiger partial charge in [-0.15, -0.1) is 0 Å². The molecule has 0 bridgehead atoms. The molecule has 186 valence electrons. The van der Waals surface area contributed by atoms with E-state index in [0.29, 0.717) is 25.1 Å². The molecule has 2 aromatic heterocycles. The summed E-state index contributed by atoms with van der Waals surface area (Å²) < 4.78 is 13.3. The van der Waals surface area contributed by atoms with E-state index in [1.165, 1.54) is 24.3 Å². The maximum Gasteiger partial charge on any atom is 0.271 e. The van der Waals surface area contributed by atoms with Crippen LogP contribution in [0.2, 0.25) is 0 Å². The van der Waals surface area contributed by atoms with Crippen molar-refractivity contribution in [3.63, 3.8) is 0 Å². The average molecular weight is 498 g/mol. The summed E-state index contributed by atoms with van der Waals surface area (Å²) in [4.78, 5) is 43.3. The van der Waals surface area contributed by atoms with Gasteiger partial charge in [-0.05, 0) is 71.5 Å². The number of carbonyl (C=O) groups excluding carboxylic acids is 2. The van der Waals surface area contributed by atoms with Gasteiger partial charge in [-0.3, -0.25) is 19.4 Å². The lowest BCUT2D eigenvalue weighted by atomic mass is 9.94. The molecule has 0 aliphatic carbocycles. The van der Waals surface area contributed by atoms with Crippen LogP contribution in [0.3, 0.4) is 0 Å². The molecule has 2 amide bonds. The fourth-order valence-corrected chi connectivity index (χ4v) is 4.52. The molecule has 0 saturated carbocycles. The first kappa shape index (κ1) is 24.1. The molecule has 2 N–H and O–H groups in total. The molecule has 3 heterocycles. The summed E-state index contributed by atoms with van der Waals surface area (Å²) >= 11 is 0. The second-order valence-electron chi connectivity index (χ2n) is 8.88. The Morgan fingerprint density at radius 2 is 1.89 bits per heavy atom. The van der Waals surface area contributed by atoms with Gasteiger partial charge in [-0.1, -0.05) is 24.3 Å². The minimum atomic E-state index is -0.401. The third-order valence-corrected chi connectivity index (χ3v) is 6.51. The molecule has 0 fully saturated rings. The van der Waals surface area contributed by atoms with Crippen molar-refractivity contribution in [2.75, 3.05) is 6.54 Å². The Balaban J connectivity index is 1.31. The first-order valence-electron chi connectivity index (χ1n) is 11.8.